The van der Waals surface area contributed by atoms with Crippen LogP contribution >= 0.6 is 23.2 Å². The second-order valence-electron chi connectivity index (χ2n) is 4.04. The number of methoxy groups -OCH3 is 1. The second kappa shape index (κ2) is 5.67. The van der Waals surface area contributed by atoms with Gasteiger partial charge in [0.2, 0.25) is 0 Å². The molecule has 18 heavy (non-hydrogen) atoms. The molecule has 0 bridgehead atoms. The van der Waals surface area contributed by atoms with Crippen molar-refractivity contribution in [3.05, 3.63) is 28.2 Å². The number of carbonyl (C=O) groups is 1. The number of carbonyl (C=O) groups excluding carboxylic acids is 1. The van der Waals surface area contributed by atoms with Crippen molar-refractivity contribution in [2.75, 3.05) is 38.2 Å². The molecule has 1 aliphatic heterocycles. The maximum atomic E-state index is 11.4. The molecule has 0 aliphatic carbocycles. The zero-order valence-electron chi connectivity index (χ0n) is 10.0. The van der Waals surface area contributed by atoms with Gasteiger partial charge in [-0.2, -0.15) is 0 Å². The zero-order valence-corrected chi connectivity index (χ0v) is 11.5. The third kappa shape index (κ3) is 2.82. The molecule has 0 spiro atoms. The lowest BCUT2D eigenvalue weighted by Crippen LogP contribution is -2.48. The molecule has 0 saturated carbocycles. The van der Waals surface area contributed by atoms with Gasteiger partial charge < -0.3 is 14.5 Å². The van der Waals surface area contributed by atoms with E-state index in [0.717, 1.165) is 18.8 Å². The summed E-state index contributed by atoms with van der Waals surface area (Å²) in [5.74, 6) is 0. The Kier molecular flexibility index (Phi) is 4.19. The van der Waals surface area contributed by atoms with E-state index in [0.29, 0.717) is 23.1 Å². The normalized spacial score (nSPS) is 15.7. The molecule has 98 valence electrons. The van der Waals surface area contributed by atoms with Crippen LogP contribution in [0, 0.1) is 0 Å². The number of rotatable bonds is 1. The van der Waals surface area contributed by atoms with Crippen LogP contribution in [0.2, 0.25) is 10.0 Å². The molecule has 1 heterocycles. The Morgan fingerprint density at radius 3 is 2.44 bits per heavy atom. The maximum absolute atomic E-state index is 11.4. The average molecular weight is 289 g/mol. The fourth-order valence-electron chi connectivity index (χ4n) is 2.00. The maximum Gasteiger partial charge on any atom is 0.409 e. The van der Waals surface area contributed by atoms with Crippen LogP contribution in [0.3, 0.4) is 0 Å². The fraction of sp³-hybridized carbons (Fsp3) is 0.417. The van der Waals surface area contributed by atoms with E-state index in [-0.39, 0.29) is 6.09 Å². The van der Waals surface area contributed by atoms with Gasteiger partial charge in [-0.25, -0.2) is 4.79 Å². The van der Waals surface area contributed by atoms with E-state index in [9.17, 15) is 4.79 Å². The summed E-state index contributed by atoms with van der Waals surface area (Å²) in [6.07, 6.45) is -0.281. The van der Waals surface area contributed by atoms with Gasteiger partial charge in [-0.15, -0.1) is 0 Å². The van der Waals surface area contributed by atoms with E-state index in [2.05, 4.69) is 4.90 Å². The molecule has 1 fully saturated rings. The number of anilines is 1. The Morgan fingerprint density at radius 1 is 1.22 bits per heavy atom. The van der Waals surface area contributed by atoms with Crippen molar-refractivity contribution in [1.82, 2.24) is 4.90 Å². The summed E-state index contributed by atoms with van der Waals surface area (Å²) < 4.78 is 4.70. The molecule has 0 atom stereocenters. The molecule has 1 aromatic rings. The summed E-state index contributed by atoms with van der Waals surface area (Å²) in [5, 5.41) is 1.26. The predicted molar refractivity (Wildman–Crippen MR) is 72.7 cm³/mol. The number of benzene rings is 1. The van der Waals surface area contributed by atoms with E-state index in [1.807, 2.05) is 12.1 Å². The van der Waals surface area contributed by atoms with Crippen LogP contribution in [-0.2, 0) is 4.74 Å². The van der Waals surface area contributed by atoms with Gasteiger partial charge in [-0.05, 0) is 18.2 Å². The summed E-state index contributed by atoms with van der Waals surface area (Å²) >= 11 is 12.0. The molecule has 1 aliphatic rings. The van der Waals surface area contributed by atoms with Gasteiger partial charge in [0.25, 0.3) is 0 Å². The third-order valence-corrected chi connectivity index (χ3v) is 3.50. The van der Waals surface area contributed by atoms with Crippen molar-refractivity contribution < 1.29 is 9.53 Å². The lowest BCUT2D eigenvalue weighted by atomic mass is 10.2. The lowest BCUT2D eigenvalue weighted by Gasteiger charge is -2.35. The molecular weight excluding hydrogens is 275 g/mol. The van der Waals surface area contributed by atoms with E-state index in [1.54, 1.807) is 11.0 Å². The van der Waals surface area contributed by atoms with Crippen LogP contribution in [0.15, 0.2) is 18.2 Å². The highest BCUT2D eigenvalue weighted by molar-refractivity contribution is 6.36. The molecule has 1 amide bonds. The molecule has 0 aromatic heterocycles. The van der Waals surface area contributed by atoms with Crippen molar-refractivity contribution in [1.29, 1.82) is 0 Å². The lowest BCUT2D eigenvalue weighted by molar-refractivity contribution is 0.121. The van der Waals surface area contributed by atoms with Gasteiger partial charge in [0.15, 0.2) is 0 Å². The van der Waals surface area contributed by atoms with Crippen LogP contribution < -0.4 is 4.90 Å². The SMILES string of the molecule is COC(=O)N1CCN(c2ccc(Cl)cc2Cl)CC1. The van der Waals surface area contributed by atoms with Crippen LogP contribution in [0.4, 0.5) is 10.5 Å². The van der Waals surface area contributed by atoms with Gasteiger partial charge in [-0.1, -0.05) is 23.2 Å². The minimum absolute atomic E-state index is 0.281. The molecule has 1 saturated heterocycles. The Hall–Kier alpha value is -1.13. The fourth-order valence-corrected chi connectivity index (χ4v) is 2.52. The van der Waals surface area contributed by atoms with Crippen molar-refractivity contribution in [2.45, 2.75) is 0 Å². The quantitative estimate of drug-likeness (QED) is 0.797. The van der Waals surface area contributed by atoms with Crippen molar-refractivity contribution in [3.63, 3.8) is 0 Å². The summed E-state index contributed by atoms with van der Waals surface area (Å²) in [7, 11) is 1.39. The highest BCUT2D eigenvalue weighted by atomic mass is 35.5. The van der Waals surface area contributed by atoms with Crippen molar-refractivity contribution in [2.24, 2.45) is 0 Å². The smallest absolute Gasteiger partial charge is 0.409 e. The van der Waals surface area contributed by atoms with E-state index in [1.165, 1.54) is 7.11 Å². The predicted octanol–water partition coefficient (Wildman–Crippen LogP) is 2.88. The number of amides is 1. The second-order valence-corrected chi connectivity index (χ2v) is 4.88. The number of halogens is 2. The minimum Gasteiger partial charge on any atom is -0.453 e. The molecule has 6 heteroatoms. The number of hydrogen-bond donors (Lipinski definition) is 0. The molecule has 0 unspecified atom stereocenters. The zero-order chi connectivity index (χ0) is 13.1. The van der Waals surface area contributed by atoms with Crippen LogP contribution in [0.25, 0.3) is 0 Å². The first-order valence-electron chi connectivity index (χ1n) is 5.64. The molecular formula is C12H14Cl2N2O2. The summed E-state index contributed by atoms with van der Waals surface area (Å²) in [6.45, 7) is 2.73. The van der Waals surface area contributed by atoms with Gasteiger partial charge in [0.1, 0.15) is 0 Å². The summed E-state index contributed by atoms with van der Waals surface area (Å²) in [4.78, 5) is 15.2. The molecule has 2 rings (SSSR count). The van der Waals surface area contributed by atoms with Gasteiger partial charge >= 0.3 is 6.09 Å². The van der Waals surface area contributed by atoms with E-state index in [4.69, 9.17) is 27.9 Å². The first-order valence-corrected chi connectivity index (χ1v) is 6.40. The van der Waals surface area contributed by atoms with E-state index < -0.39 is 0 Å². The Labute approximate surface area is 116 Å². The number of piperazine rings is 1. The summed E-state index contributed by atoms with van der Waals surface area (Å²) in [5.41, 5.74) is 0.950. The first kappa shape index (κ1) is 13.3. The van der Waals surface area contributed by atoms with Crippen molar-refractivity contribution in [3.8, 4) is 0 Å². The van der Waals surface area contributed by atoms with Gasteiger partial charge in [0.05, 0.1) is 17.8 Å². The van der Waals surface area contributed by atoms with Gasteiger partial charge in [-0.3, -0.25) is 0 Å². The van der Waals surface area contributed by atoms with Crippen molar-refractivity contribution >= 4 is 35.0 Å². The standard InChI is InChI=1S/C12H14Cl2N2O2/c1-18-12(17)16-6-4-15(5-7-16)11-3-2-9(13)8-10(11)14/h2-3,8H,4-7H2,1H3. The Balaban J connectivity index is 2.03. The van der Waals surface area contributed by atoms with Crippen LogP contribution in [0.1, 0.15) is 0 Å². The topological polar surface area (TPSA) is 32.8 Å². The average Bonchev–Trinajstić information content (AvgIpc) is 2.38. The number of hydrogen-bond acceptors (Lipinski definition) is 3. The highest BCUT2D eigenvalue weighted by Crippen LogP contribution is 2.29. The van der Waals surface area contributed by atoms with Crippen LogP contribution in [-0.4, -0.2) is 44.3 Å². The largest absolute Gasteiger partial charge is 0.453 e. The number of nitrogens with zero attached hydrogens (tertiary/aromatic N) is 2. The molecule has 0 radical (unpaired) electrons. The molecule has 0 N–H and O–H groups in total. The monoisotopic (exact) mass is 288 g/mol. The van der Waals surface area contributed by atoms with E-state index >= 15 is 0 Å². The first-order chi connectivity index (χ1) is 8.61. The van der Waals surface area contributed by atoms with Crippen LogP contribution in [0.5, 0.6) is 0 Å². The summed E-state index contributed by atoms with van der Waals surface area (Å²) in [6, 6.07) is 5.44. The Bertz CT molecular complexity index is 446. The Morgan fingerprint density at radius 2 is 1.89 bits per heavy atom. The molecule has 4 nitrogen and oxygen atoms in total. The highest BCUT2D eigenvalue weighted by Gasteiger charge is 2.22. The number of ether oxygens (including phenoxy) is 1. The molecule has 1 aromatic carbocycles. The van der Waals surface area contributed by atoms with Gasteiger partial charge in [0, 0.05) is 31.2 Å². The minimum atomic E-state index is -0.281. The third-order valence-electron chi connectivity index (χ3n) is 2.96.